The van der Waals surface area contributed by atoms with E-state index in [1.807, 2.05) is 30.3 Å². The second-order valence-electron chi connectivity index (χ2n) is 6.48. The normalized spacial score (nSPS) is 10.4. The number of hydrogen-bond donors (Lipinski definition) is 2. The van der Waals surface area contributed by atoms with E-state index in [1.54, 1.807) is 55.3 Å². The van der Waals surface area contributed by atoms with Gasteiger partial charge in [-0.05, 0) is 66.7 Å². The Bertz CT molecular complexity index is 1040. The van der Waals surface area contributed by atoms with Crippen LogP contribution in [0, 0.1) is 0 Å². The monoisotopic (exact) mass is 440 g/mol. The molecule has 0 aliphatic heterocycles. The summed E-state index contributed by atoms with van der Waals surface area (Å²) in [6, 6.07) is 19.9. The van der Waals surface area contributed by atoms with Gasteiger partial charge in [0.05, 0.1) is 7.11 Å². The number of benzene rings is 3. The average molecular weight is 441 g/mol. The van der Waals surface area contributed by atoms with Gasteiger partial charge in [0, 0.05) is 45.1 Å². The summed E-state index contributed by atoms with van der Waals surface area (Å²) in [4.78, 5) is 24.9. The number of hydrogen-bond acceptors (Lipinski definition) is 4. The van der Waals surface area contributed by atoms with Crippen molar-refractivity contribution in [3.05, 3.63) is 82.9 Å². The number of amides is 2. The van der Waals surface area contributed by atoms with Gasteiger partial charge in [0.1, 0.15) is 5.75 Å². The number of methoxy groups -OCH3 is 1. The van der Waals surface area contributed by atoms with Crippen LogP contribution >= 0.6 is 23.4 Å². The molecule has 0 aliphatic carbocycles. The largest absolute Gasteiger partial charge is 0.496 e. The second kappa shape index (κ2) is 10.2. The van der Waals surface area contributed by atoms with E-state index in [-0.39, 0.29) is 11.8 Å². The van der Waals surface area contributed by atoms with E-state index in [9.17, 15) is 9.59 Å². The number of thioether (sulfide) groups is 1. The van der Waals surface area contributed by atoms with Crippen molar-refractivity contribution in [2.45, 2.75) is 17.6 Å². The molecule has 0 unspecified atom stereocenters. The van der Waals surface area contributed by atoms with Gasteiger partial charge in [0.25, 0.3) is 5.91 Å². The van der Waals surface area contributed by atoms with E-state index >= 15 is 0 Å². The third-order valence-corrected chi connectivity index (χ3v) is 5.53. The maximum atomic E-state index is 12.7. The van der Waals surface area contributed by atoms with Crippen molar-refractivity contribution < 1.29 is 14.3 Å². The summed E-state index contributed by atoms with van der Waals surface area (Å²) in [5.41, 5.74) is 2.77. The Hall–Kier alpha value is -2.96. The highest BCUT2D eigenvalue weighted by molar-refractivity contribution is 7.98. The summed E-state index contributed by atoms with van der Waals surface area (Å²) >= 11 is 7.57. The first kappa shape index (κ1) is 21.7. The van der Waals surface area contributed by atoms with Gasteiger partial charge in [-0.3, -0.25) is 9.59 Å². The smallest absolute Gasteiger partial charge is 0.255 e. The number of halogens is 1. The molecule has 2 N–H and O–H groups in total. The predicted molar refractivity (Wildman–Crippen MR) is 123 cm³/mol. The molecule has 3 aromatic rings. The van der Waals surface area contributed by atoms with E-state index in [1.165, 1.54) is 6.92 Å². The van der Waals surface area contributed by atoms with Gasteiger partial charge in [0.2, 0.25) is 5.91 Å². The van der Waals surface area contributed by atoms with Gasteiger partial charge in [-0.1, -0.05) is 11.6 Å². The van der Waals surface area contributed by atoms with Crippen molar-refractivity contribution in [1.29, 1.82) is 0 Å². The third kappa shape index (κ3) is 6.02. The van der Waals surface area contributed by atoms with Crippen molar-refractivity contribution in [2.75, 3.05) is 17.7 Å². The van der Waals surface area contributed by atoms with Crippen molar-refractivity contribution in [2.24, 2.45) is 0 Å². The van der Waals surface area contributed by atoms with Crippen LogP contribution in [-0.2, 0) is 10.5 Å². The van der Waals surface area contributed by atoms with Gasteiger partial charge in [-0.25, -0.2) is 0 Å². The summed E-state index contributed by atoms with van der Waals surface area (Å²) in [5.74, 6) is 1.02. The summed E-state index contributed by atoms with van der Waals surface area (Å²) in [5, 5.41) is 6.26. The molecule has 0 bridgehead atoms. The molecule has 0 aliphatic rings. The number of anilines is 2. The molecule has 0 spiro atoms. The molecule has 5 nitrogen and oxygen atoms in total. The fraction of sp³-hybridized carbons (Fsp3) is 0.130. The van der Waals surface area contributed by atoms with Crippen LogP contribution < -0.4 is 15.4 Å². The van der Waals surface area contributed by atoms with E-state index in [4.69, 9.17) is 16.3 Å². The van der Waals surface area contributed by atoms with Crippen LogP contribution in [0.4, 0.5) is 11.4 Å². The molecular formula is C23H21ClN2O3S. The quantitative estimate of drug-likeness (QED) is 0.452. The first-order chi connectivity index (χ1) is 14.4. The maximum Gasteiger partial charge on any atom is 0.255 e. The molecule has 0 saturated carbocycles. The zero-order valence-electron chi connectivity index (χ0n) is 16.6. The lowest BCUT2D eigenvalue weighted by molar-refractivity contribution is -0.114. The zero-order chi connectivity index (χ0) is 21.5. The molecule has 3 aromatic carbocycles. The molecule has 30 heavy (non-hydrogen) atoms. The van der Waals surface area contributed by atoms with Crippen LogP contribution in [0.5, 0.6) is 5.75 Å². The summed E-state index contributed by atoms with van der Waals surface area (Å²) in [6.07, 6.45) is 0. The van der Waals surface area contributed by atoms with Crippen molar-refractivity contribution in [1.82, 2.24) is 0 Å². The molecule has 0 aromatic heterocycles. The molecule has 0 atom stereocenters. The van der Waals surface area contributed by atoms with Gasteiger partial charge in [-0.15, -0.1) is 11.8 Å². The fourth-order valence-electron chi connectivity index (χ4n) is 2.77. The van der Waals surface area contributed by atoms with Crippen LogP contribution in [0.25, 0.3) is 0 Å². The number of carbonyl (C=O) groups is 2. The number of carbonyl (C=O) groups excluding carboxylic acids is 2. The summed E-state index contributed by atoms with van der Waals surface area (Å²) < 4.78 is 5.45. The van der Waals surface area contributed by atoms with Crippen LogP contribution in [0.1, 0.15) is 22.8 Å². The van der Waals surface area contributed by atoms with E-state index in [2.05, 4.69) is 10.6 Å². The number of ether oxygens (including phenoxy) is 1. The first-order valence-electron chi connectivity index (χ1n) is 9.19. The van der Waals surface area contributed by atoms with E-state index in [0.29, 0.717) is 27.7 Å². The van der Waals surface area contributed by atoms with Crippen LogP contribution in [0.2, 0.25) is 5.02 Å². The fourth-order valence-corrected chi connectivity index (χ4v) is 3.77. The van der Waals surface area contributed by atoms with Crippen molar-refractivity contribution in [3.8, 4) is 5.75 Å². The standard InChI is InChI=1S/C23H21ClN2O3S/c1-15(27)25-19-6-8-20(9-7-19)26-23(28)16-3-12-22(29-2)17(13-16)14-30-21-10-4-18(24)5-11-21/h3-13H,14H2,1-2H3,(H,25,27)(H,26,28). The van der Waals surface area contributed by atoms with Gasteiger partial charge in [-0.2, -0.15) is 0 Å². The SMILES string of the molecule is COc1ccc(C(=O)Nc2ccc(NC(C)=O)cc2)cc1CSc1ccc(Cl)cc1. The lowest BCUT2D eigenvalue weighted by atomic mass is 10.1. The minimum atomic E-state index is -0.220. The Labute approximate surface area is 184 Å². The highest BCUT2D eigenvalue weighted by atomic mass is 35.5. The minimum Gasteiger partial charge on any atom is -0.496 e. The molecule has 0 radical (unpaired) electrons. The molecule has 0 fully saturated rings. The average Bonchev–Trinajstić information content (AvgIpc) is 2.74. The topological polar surface area (TPSA) is 67.4 Å². The number of rotatable bonds is 7. The Balaban J connectivity index is 1.70. The first-order valence-corrected chi connectivity index (χ1v) is 10.6. The van der Waals surface area contributed by atoms with Crippen molar-refractivity contribution in [3.63, 3.8) is 0 Å². The highest BCUT2D eigenvalue weighted by Crippen LogP contribution is 2.30. The molecule has 154 valence electrons. The molecule has 0 heterocycles. The van der Waals surface area contributed by atoms with Crippen LogP contribution in [-0.4, -0.2) is 18.9 Å². The predicted octanol–water partition coefficient (Wildman–Crippen LogP) is 5.85. The highest BCUT2D eigenvalue weighted by Gasteiger charge is 2.11. The van der Waals surface area contributed by atoms with Crippen LogP contribution in [0.15, 0.2) is 71.6 Å². The Kier molecular flexibility index (Phi) is 7.38. The maximum absolute atomic E-state index is 12.7. The van der Waals surface area contributed by atoms with Gasteiger partial charge < -0.3 is 15.4 Å². The molecule has 3 rings (SSSR count). The summed E-state index contributed by atoms with van der Waals surface area (Å²) in [6.45, 7) is 1.45. The van der Waals surface area contributed by atoms with E-state index in [0.717, 1.165) is 16.2 Å². The van der Waals surface area contributed by atoms with Gasteiger partial charge >= 0.3 is 0 Å². The van der Waals surface area contributed by atoms with Crippen LogP contribution in [0.3, 0.4) is 0 Å². The van der Waals surface area contributed by atoms with Crippen molar-refractivity contribution >= 4 is 46.6 Å². The third-order valence-electron chi connectivity index (χ3n) is 4.21. The lowest BCUT2D eigenvalue weighted by Crippen LogP contribution is -2.12. The Morgan fingerprint density at radius 1 is 0.933 bits per heavy atom. The zero-order valence-corrected chi connectivity index (χ0v) is 18.1. The summed E-state index contributed by atoms with van der Waals surface area (Å²) in [7, 11) is 1.61. The molecular weight excluding hydrogens is 420 g/mol. The molecule has 2 amide bonds. The lowest BCUT2D eigenvalue weighted by Gasteiger charge is -2.12. The van der Waals surface area contributed by atoms with Gasteiger partial charge in [0.15, 0.2) is 0 Å². The Morgan fingerprint density at radius 3 is 2.17 bits per heavy atom. The number of nitrogens with one attached hydrogen (secondary N) is 2. The second-order valence-corrected chi connectivity index (χ2v) is 7.97. The van der Waals surface area contributed by atoms with E-state index < -0.39 is 0 Å². The molecule has 0 saturated heterocycles. The molecule has 7 heteroatoms. The minimum absolute atomic E-state index is 0.144. The Morgan fingerprint density at radius 2 is 1.57 bits per heavy atom.